The van der Waals surface area contributed by atoms with Crippen molar-refractivity contribution in [2.45, 2.75) is 32.6 Å². The molecule has 0 bridgehead atoms. The van der Waals surface area contributed by atoms with E-state index in [1.54, 1.807) is 0 Å². The third-order valence-corrected chi connectivity index (χ3v) is 4.93. The van der Waals surface area contributed by atoms with Crippen LogP contribution in [0.5, 0.6) is 0 Å². The zero-order valence-electron chi connectivity index (χ0n) is 10.1. The van der Waals surface area contributed by atoms with E-state index in [0.29, 0.717) is 0 Å². The highest BCUT2D eigenvalue weighted by Crippen LogP contribution is 2.36. The van der Waals surface area contributed by atoms with Crippen LogP contribution in [-0.2, 0) is 0 Å². The van der Waals surface area contributed by atoms with Gasteiger partial charge in [0, 0.05) is 13.1 Å². The number of aromatic nitrogens is 2. The molecule has 2 heterocycles. The van der Waals surface area contributed by atoms with Gasteiger partial charge in [0.1, 0.15) is 4.88 Å². The second kappa shape index (κ2) is 4.37. The monoisotopic (exact) mass is 251 g/mol. The topological polar surface area (TPSA) is 46.1 Å². The van der Waals surface area contributed by atoms with Crippen LogP contribution in [0.25, 0.3) is 0 Å². The molecule has 2 aliphatic rings. The summed E-state index contributed by atoms with van der Waals surface area (Å²) in [4.78, 5) is 14.8. The molecule has 0 aromatic carbocycles. The molecule has 1 aliphatic heterocycles. The van der Waals surface area contributed by atoms with Crippen LogP contribution in [0.2, 0.25) is 0 Å². The molecule has 0 N–H and O–H groups in total. The van der Waals surface area contributed by atoms with Gasteiger partial charge in [-0.25, -0.2) is 0 Å². The summed E-state index contributed by atoms with van der Waals surface area (Å²) in [7, 11) is 0. The summed E-state index contributed by atoms with van der Waals surface area (Å²) in [5.74, 6) is 1.76. The van der Waals surface area contributed by atoms with Gasteiger partial charge in [0.05, 0.1) is 5.69 Å². The van der Waals surface area contributed by atoms with E-state index in [2.05, 4.69) is 9.59 Å². The fourth-order valence-corrected chi connectivity index (χ4v) is 3.60. The van der Waals surface area contributed by atoms with Crippen LogP contribution in [0.3, 0.4) is 0 Å². The Balaban J connectivity index is 1.58. The van der Waals surface area contributed by atoms with Crippen LogP contribution >= 0.6 is 11.5 Å². The molecule has 1 aromatic rings. The lowest BCUT2D eigenvalue weighted by Gasteiger charge is -2.42. The van der Waals surface area contributed by atoms with Gasteiger partial charge < -0.3 is 4.90 Å². The van der Waals surface area contributed by atoms with Crippen molar-refractivity contribution in [3.8, 4) is 0 Å². The zero-order valence-corrected chi connectivity index (χ0v) is 10.9. The van der Waals surface area contributed by atoms with Gasteiger partial charge >= 0.3 is 0 Å². The molecule has 3 rings (SSSR count). The van der Waals surface area contributed by atoms with E-state index >= 15 is 0 Å². The van der Waals surface area contributed by atoms with Crippen LogP contribution in [0.4, 0.5) is 0 Å². The molecule has 0 unspecified atom stereocenters. The van der Waals surface area contributed by atoms with Crippen molar-refractivity contribution in [1.29, 1.82) is 0 Å². The van der Waals surface area contributed by atoms with Gasteiger partial charge in [0.2, 0.25) is 0 Å². The number of carbonyl (C=O) groups is 1. The first kappa shape index (κ1) is 11.1. The highest BCUT2D eigenvalue weighted by atomic mass is 32.1. The molecule has 1 saturated heterocycles. The molecule has 17 heavy (non-hydrogen) atoms. The van der Waals surface area contributed by atoms with E-state index in [1.165, 1.54) is 37.2 Å². The molecular weight excluding hydrogens is 234 g/mol. The number of likely N-dealkylation sites (tertiary alicyclic amines) is 1. The highest BCUT2D eigenvalue weighted by Gasteiger charge is 2.38. The minimum Gasteiger partial charge on any atom is -0.337 e. The van der Waals surface area contributed by atoms with Crippen LogP contribution in [-0.4, -0.2) is 33.5 Å². The number of hydrogen-bond donors (Lipinski definition) is 0. The van der Waals surface area contributed by atoms with Crippen molar-refractivity contribution < 1.29 is 4.79 Å². The summed E-state index contributed by atoms with van der Waals surface area (Å²) in [6, 6.07) is 0. The fraction of sp³-hybridized carbons (Fsp3) is 0.750. The van der Waals surface area contributed by atoms with Crippen LogP contribution in [0.1, 0.15) is 41.0 Å². The maximum absolute atomic E-state index is 12.1. The van der Waals surface area contributed by atoms with Crippen molar-refractivity contribution in [3.05, 3.63) is 10.6 Å². The molecule has 2 fully saturated rings. The minimum atomic E-state index is 0.131. The number of carbonyl (C=O) groups excluding carboxylic acids is 1. The van der Waals surface area contributed by atoms with Gasteiger partial charge in [-0.3, -0.25) is 4.79 Å². The van der Waals surface area contributed by atoms with E-state index in [0.717, 1.165) is 35.5 Å². The van der Waals surface area contributed by atoms with Crippen molar-refractivity contribution in [2.24, 2.45) is 11.8 Å². The number of aryl methyl sites for hydroxylation is 1. The van der Waals surface area contributed by atoms with Gasteiger partial charge in [-0.2, -0.15) is 0 Å². The number of nitrogens with zero attached hydrogens (tertiary/aromatic N) is 3. The van der Waals surface area contributed by atoms with Crippen LogP contribution < -0.4 is 0 Å². The normalized spacial score (nSPS) is 21.8. The highest BCUT2D eigenvalue weighted by molar-refractivity contribution is 7.07. The fourth-order valence-electron chi connectivity index (χ4n) is 2.98. The number of amides is 1. The molecule has 1 amide bonds. The van der Waals surface area contributed by atoms with Crippen molar-refractivity contribution in [2.75, 3.05) is 13.1 Å². The van der Waals surface area contributed by atoms with Crippen molar-refractivity contribution in [3.63, 3.8) is 0 Å². The third kappa shape index (κ3) is 1.97. The Hall–Kier alpha value is -0.970. The van der Waals surface area contributed by atoms with Crippen LogP contribution in [0.15, 0.2) is 0 Å². The van der Waals surface area contributed by atoms with Gasteiger partial charge in [-0.15, -0.1) is 5.10 Å². The Bertz CT molecular complexity index is 419. The van der Waals surface area contributed by atoms with E-state index in [-0.39, 0.29) is 5.91 Å². The van der Waals surface area contributed by atoms with E-state index in [4.69, 9.17) is 0 Å². The summed E-state index contributed by atoms with van der Waals surface area (Å²) in [5, 5.41) is 3.90. The number of rotatable bonds is 2. The molecule has 1 aromatic heterocycles. The molecule has 4 nitrogen and oxygen atoms in total. The molecule has 0 spiro atoms. The Labute approximate surface area is 105 Å². The molecule has 5 heteroatoms. The maximum Gasteiger partial charge on any atom is 0.267 e. The summed E-state index contributed by atoms with van der Waals surface area (Å²) in [5.41, 5.74) is 0.768. The Morgan fingerprint density at radius 3 is 2.59 bits per heavy atom. The SMILES string of the molecule is Cc1nnsc1C(=O)N1CC(C2CCCC2)C1. The number of hydrogen-bond acceptors (Lipinski definition) is 4. The average molecular weight is 251 g/mol. The average Bonchev–Trinajstić information content (AvgIpc) is 2.86. The zero-order chi connectivity index (χ0) is 11.8. The lowest BCUT2D eigenvalue weighted by Crippen LogP contribution is -2.52. The second-order valence-corrected chi connectivity index (χ2v) is 5.96. The molecule has 92 valence electrons. The summed E-state index contributed by atoms with van der Waals surface area (Å²) in [6.07, 6.45) is 5.50. The van der Waals surface area contributed by atoms with Crippen molar-refractivity contribution >= 4 is 17.4 Å². The first-order chi connectivity index (χ1) is 8.25. The summed E-state index contributed by atoms with van der Waals surface area (Å²) in [6.45, 7) is 3.74. The molecular formula is C12H17N3OS. The van der Waals surface area contributed by atoms with E-state index in [1.807, 2.05) is 11.8 Å². The van der Waals surface area contributed by atoms with E-state index < -0.39 is 0 Å². The maximum atomic E-state index is 12.1. The van der Waals surface area contributed by atoms with Crippen LogP contribution in [0, 0.1) is 18.8 Å². The first-order valence-corrected chi connectivity index (χ1v) is 7.11. The summed E-state index contributed by atoms with van der Waals surface area (Å²) < 4.78 is 3.82. The smallest absolute Gasteiger partial charge is 0.267 e. The predicted molar refractivity (Wildman–Crippen MR) is 66.0 cm³/mol. The largest absolute Gasteiger partial charge is 0.337 e. The molecule has 1 aliphatic carbocycles. The summed E-state index contributed by atoms with van der Waals surface area (Å²) >= 11 is 1.22. The van der Waals surface area contributed by atoms with Gasteiger partial charge in [0.15, 0.2) is 0 Å². The first-order valence-electron chi connectivity index (χ1n) is 6.34. The lowest BCUT2D eigenvalue weighted by atomic mass is 9.84. The minimum absolute atomic E-state index is 0.131. The second-order valence-electron chi connectivity index (χ2n) is 5.20. The predicted octanol–water partition coefficient (Wildman–Crippen LogP) is 2.11. The Morgan fingerprint density at radius 1 is 1.29 bits per heavy atom. The Morgan fingerprint density at radius 2 is 2.00 bits per heavy atom. The van der Waals surface area contributed by atoms with Gasteiger partial charge in [-0.1, -0.05) is 30.2 Å². The Kier molecular flexibility index (Phi) is 2.86. The quantitative estimate of drug-likeness (QED) is 0.808. The van der Waals surface area contributed by atoms with Crippen molar-refractivity contribution in [1.82, 2.24) is 14.5 Å². The molecule has 0 radical (unpaired) electrons. The molecule has 1 saturated carbocycles. The molecule has 0 atom stereocenters. The third-order valence-electron chi connectivity index (χ3n) is 4.11. The van der Waals surface area contributed by atoms with E-state index in [9.17, 15) is 4.79 Å². The van der Waals surface area contributed by atoms with Gasteiger partial charge in [-0.05, 0) is 30.3 Å². The van der Waals surface area contributed by atoms with Gasteiger partial charge in [0.25, 0.3) is 5.91 Å². The lowest BCUT2D eigenvalue weighted by molar-refractivity contribution is 0.0376. The standard InChI is InChI=1S/C12H17N3OS/c1-8-11(17-14-13-8)12(16)15-6-10(7-15)9-4-2-3-5-9/h9-10H,2-7H2,1H3.